The molecular formula is C12H12F5NOS. The Morgan fingerprint density at radius 2 is 1.80 bits per heavy atom. The summed E-state index contributed by atoms with van der Waals surface area (Å²) in [7, 11) is 0. The highest BCUT2D eigenvalue weighted by atomic mass is 32.2. The third kappa shape index (κ3) is 5.36. The second kappa shape index (κ2) is 6.92. The summed E-state index contributed by atoms with van der Waals surface area (Å²) in [5.74, 6) is -3.37. The van der Waals surface area contributed by atoms with Crippen LogP contribution in [0.3, 0.4) is 0 Å². The fraction of sp³-hybridized carbons (Fsp3) is 0.417. The van der Waals surface area contributed by atoms with Crippen molar-refractivity contribution in [3.8, 4) is 0 Å². The monoisotopic (exact) mass is 313 g/mol. The zero-order valence-corrected chi connectivity index (χ0v) is 11.3. The van der Waals surface area contributed by atoms with E-state index in [1.807, 2.05) is 0 Å². The summed E-state index contributed by atoms with van der Waals surface area (Å²) in [6, 6.07) is 5.05. The Morgan fingerprint density at radius 1 is 1.25 bits per heavy atom. The second-order valence-electron chi connectivity index (χ2n) is 3.84. The minimum Gasteiger partial charge on any atom is -0.330 e. The van der Waals surface area contributed by atoms with Crippen LogP contribution in [-0.2, 0) is 0 Å². The minimum absolute atomic E-state index is 0.0368. The van der Waals surface area contributed by atoms with Crippen LogP contribution in [0.4, 0.5) is 22.0 Å². The molecule has 1 amide bonds. The van der Waals surface area contributed by atoms with E-state index in [-0.39, 0.29) is 17.0 Å². The highest BCUT2D eigenvalue weighted by Crippen LogP contribution is 2.25. The second-order valence-corrected chi connectivity index (χ2v) is 4.90. The summed E-state index contributed by atoms with van der Waals surface area (Å²) in [5, 5.41) is 0. The van der Waals surface area contributed by atoms with Gasteiger partial charge in [0.25, 0.3) is 11.7 Å². The Kier molecular flexibility index (Phi) is 5.79. The van der Waals surface area contributed by atoms with E-state index in [0.29, 0.717) is 16.7 Å². The molecule has 1 rings (SSSR count). The number of nitrogens with zero attached hydrogens (tertiary/aromatic N) is 1. The van der Waals surface area contributed by atoms with Crippen molar-refractivity contribution in [3.05, 3.63) is 29.8 Å². The van der Waals surface area contributed by atoms with E-state index in [4.69, 9.17) is 0 Å². The van der Waals surface area contributed by atoms with Crippen LogP contribution in [0.5, 0.6) is 0 Å². The molecule has 0 fully saturated rings. The molecule has 0 saturated heterocycles. The molecule has 0 saturated carbocycles. The molecule has 0 aliphatic heterocycles. The van der Waals surface area contributed by atoms with Gasteiger partial charge in [0.05, 0.1) is 0 Å². The first-order valence-corrected chi connectivity index (χ1v) is 6.52. The van der Waals surface area contributed by atoms with Crippen LogP contribution >= 0.6 is 11.8 Å². The molecule has 0 radical (unpaired) electrons. The largest absolute Gasteiger partial charge is 0.406 e. The van der Waals surface area contributed by atoms with E-state index >= 15 is 0 Å². The zero-order valence-electron chi connectivity index (χ0n) is 10.5. The maximum absolute atomic E-state index is 12.3. The number of hydrogen-bond donors (Lipinski definition) is 0. The van der Waals surface area contributed by atoms with Crippen molar-refractivity contribution in [2.24, 2.45) is 0 Å². The molecule has 112 valence electrons. The number of alkyl halides is 5. The predicted molar refractivity (Wildman–Crippen MR) is 65.9 cm³/mol. The van der Waals surface area contributed by atoms with Crippen molar-refractivity contribution >= 4 is 17.7 Å². The fourth-order valence-electron chi connectivity index (χ4n) is 1.51. The molecule has 0 aliphatic rings. The Hall–Kier alpha value is -1.31. The van der Waals surface area contributed by atoms with Gasteiger partial charge in [0.15, 0.2) is 0 Å². The summed E-state index contributed by atoms with van der Waals surface area (Å²) < 4.78 is 61.1. The SMILES string of the molecule is CCN(CC(F)(F)F)C(=O)c1ccc(SC(F)F)cc1. The third-order valence-corrected chi connectivity index (χ3v) is 3.09. The maximum Gasteiger partial charge on any atom is 0.406 e. The number of rotatable bonds is 5. The zero-order chi connectivity index (χ0) is 15.3. The van der Waals surface area contributed by atoms with Crippen LogP contribution in [0.15, 0.2) is 29.2 Å². The van der Waals surface area contributed by atoms with Gasteiger partial charge in [0.1, 0.15) is 6.54 Å². The molecule has 0 heterocycles. The van der Waals surface area contributed by atoms with Crippen molar-refractivity contribution < 1.29 is 26.7 Å². The summed E-state index contributed by atoms with van der Waals surface area (Å²) in [6.45, 7) is 0.00635. The van der Waals surface area contributed by atoms with E-state index in [2.05, 4.69) is 0 Å². The Bertz CT molecular complexity index is 446. The van der Waals surface area contributed by atoms with Crippen molar-refractivity contribution in [1.29, 1.82) is 0 Å². The van der Waals surface area contributed by atoms with Crippen LogP contribution in [0.25, 0.3) is 0 Å². The number of carbonyl (C=O) groups is 1. The van der Waals surface area contributed by atoms with Gasteiger partial charge in [-0.15, -0.1) is 0 Å². The summed E-state index contributed by atoms with van der Waals surface area (Å²) in [4.78, 5) is 12.8. The van der Waals surface area contributed by atoms with E-state index in [1.54, 1.807) is 0 Å². The molecule has 0 unspecified atom stereocenters. The summed E-state index contributed by atoms with van der Waals surface area (Å²) in [6.07, 6.45) is -4.48. The molecule has 0 atom stereocenters. The lowest BCUT2D eigenvalue weighted by Gasteiger charge is -2.22. The highest BCUT2D eigenvalue weighted by Gasteiger charge is 2.32. The van der Waals surface area contributed by atoms with Gasteiger partial charge in [-0.1, -0.05) is 11.8 Å². The van der Waals surface area contributed by atoms with Crippen molar-refractivity contribution in [1.82, 2.24) is 4.90 Å². The van der Waals surface area contributed by atoms with Gasteiger partial charge in [0.2, 0.25) is 0 Å². The first kappa shape index (κ1) is 16.7. The molecule has 0 N–H and O–H groups in total. The number of amides is 1. The van der Waals surface area contributed by atoms with Crippen molar-refractivity contribution in [2.75, 3.05) is 13.1 Å². The third-order valence-electron chi connectivity index (χ3n) is 2.37. The van der Waals surface area contributed by atoms with Gasteiger partial charge in [-0.2, -0.15) is 22.0 Å². The maximum atomic E-state index is 12.3. The molecule has 8 heteroatoms. The molecule has 0 bridgehead atoms. The average Bonchev–Trinajstić information content (AvgIpc) is 2.34. The van der Waals surface area contributed by atoms with Gasteiger partial charge < -0.3 is 4.90 Å². The Labute approximate surface area is 116 Å². The highest BCUT2D eigenvalue weighted by molar-refractivity contribution is 7.99. The Balaban J connectivity index is 2.80. The number of benzene rings is 1. The lowest BCUT2D eigenvalue weighted by atomic mass is 10.2. The van der Waals surface area contributed by atoms with Gasteiger partial charge >= 0.3 is 6.18 Å². The first-order valence-electron chi connectivity index (χ1n) is 5.64. The van der Waals surface area contributed by atoms with Crippen molar-refractivity contribution in [3.63, 3.8) is 0 Å². The molecule has 2 nitrogen and oxygen atoms in total. The number of halogens is 5. The van der Waals surface area contributed by atoms with E-state index in [1.165, 1.54) is 31.2 Å². The Morgan fingerprint density at radius 3 is 2.20 bits per heavy atom. The van der Waals surface area contributed by atoms with Gasteiger partial charge in [0, 0.05) is 17.0 Å². The molecule has 0 aromatic heterocycles. The van der Waals surface area contributed by atoms with Crippen molar-refractivity contribution in [2.45, 2.75) is 23.8 Å². The minimum atomic E-state index is -4.48. The van der Waals surface area contributed by atoms with Crippen LogP contribution in [0, 0.1) is 0 Å². The lowest BCUT2D eigenvalue weighted by Crippen LogP contribution is -2.38. The molecule has 0 spiro atoms. The molecular weight excluding hydrogens is 301 g/mol. The number of carbonyl (C=O) groups excluding carboxylic acids is 1. The number of thioether (sulfide) groups is 1. The van der Waals surface area contributed by atoms with E-state index in [9.17, 15) is 26.7 Å². The first-order chi connectivity index (χ1) is 9.23. The number of hydrogen-bond acceptors (Lipinski definition) is 2. The van der Waals surface area contributed by atoms with Crippen LogP contribution < -0.4 is 0 Å². The van der Waals surface area contributed by atoms with Crippen LogP contribution in [0.2, 0.25) is 0 Å². The van der Waals surface area contributed by atoms with E-state index < -0.39 is 24.4 Å². The normalized spacial score (nSPS) is 11.8. The lowest BCUT2D eigenvalue weighted by molar-refractivity contribution is -0.140. The van der Waals surface area contributed by atoms with Gasteiger partial charge in [-0.05, 0) is 31.2 Å². The molecule has 1 aromatic carbocycles. The molecule has 0 aliphatic carbocycles. The van der Waals surface area contributed by atoms with Gasteiger partial charge in [-0.25, -0.2) is 0 Å². The van der Waals surface area contributed by atoms with Crippen LogP contribution in [0.1, 0.15) is 17.3 Å². The quantitative estimate of drug-likeness (QED) is 0.604. The molecule has 1 aromatic rings. The summed E-state index contributed by atoms with van der Waals surface area (Å²) in [5.41, 5.74) is 0.0368. The fourth-order valence-corrected chi connectivity index (χ4v) is 2.00. The van der Waals surface area contributed by atoms with Gasteiger partial charge in [-0.3, -0.25) is 4.79 Å². The average molecular weight is 313 g/mol. The smallest absolute Gasteiger partial charge is 0.330 e. The van der Waals surface area contributed by atoms with Crippen LogP contribution in [-0.4, -0.2) is 35.8 Å². The molecule has 20 heavy (non-hydrogen) atoms. The summed E-state index contributed by atoms with van der Waals surface area (Å²) >= 11 is 0.305. The topological polar surface area (TPSA) is 20.3 Å². The predicted octanol–water partition coefficient (Wildman–Crippen LogP) is 4.03. The van der Waals surface area contributed by atoms with E-state index in [0.717, 1.165) is 0 Å². The standard InChI is InChI=1S/C12H12F5NOS/c1-2-18(7-12(15,16)17)10(19)8-3-5-9(6-4-8)20-11(13)14/h3-6,11H,2,7H2,1H3.